The molecule has 0 radical (unpaired) electrons. The number of halogens is 2. The monoisotopic (exact) mass is 679 g/mol. The number of sulfonamides is 1. The maximum atomic E-state index is 14.6. The summed E-state index contributed by atoms with van der Waals surface area (Å²) in [4.78, 5) is 29.9. The molecule has 0 aliphatic heterocycles. The molecule has 4 aromatic carbocycles. The van der Waals surface area contributed by atoms with Crippen molar-refractivity contribution in [3.05, 3.63) is 129 Å². The largest absolute Gasteiger partial charge is 0.354 e. The van der Waals surface area contributed by atoms with Crippen LogP contribution >= 0.6 is 23.2 Å². The van der Waals surface area contributed by atoms with Crippen LogP contribution in [-0.4, -0.2) is 44.3 Å². The van der Waals surface area contributed by atoms with Crippen molar-refractivity contribution in [3.8, 4) is 0 Å². The van der Waals surface area contributed by atoms with Gasteiger partial charge in [0.1, 0.15) is 12.6 Å². The normalized spacial score (nSPS) is 12.1. The second kappa shape index (κ2) is 15.6. The van der Waals surface area contributed by atoms with Crippen LogP contribution in [0.4, 0.5) is 5.69 Å². The molecule has 1 atom stereocenters. The van der Waals surface area contributed by atoms with Gasteiger partial charge in [-0.15, -0.1) is 0 Å². The van der Waals surface area contributed by atoms with Gasteiger partial charge in [0.2, 0.25) is 11.8 Å². The van der Waals surface area contributed by atoms with E-state index in [2.05, 4.69) is 5.32 Å². The molecule has 242 valence electrons. The third kappa shape index (κ3) is 8.90. The Labute approximate surface area is 282 Å². The van der Waals surface area contributed by atoms with Crippen molar-refractivity contribution < 1.29 is 18.0 Å². The molecule has 4 aromatic rings. The molecule has 46 heavy (non-hydrogen) atoms. The van der Waals surface area contributed by atoms with Gasteiger partial charge >= 0.3 is 0 Å². The summed E-state index contributed by atoms with van der Waals surface area (Å²) in [5.41, 5.74) is 3.27. The molecule has 0 bridgehead atoms. The van der Waals surface area contributed by atoms with E-state index in [-0.39, 0.29) is 35.4 Å². The van der Waals surface area contributed by atoms with Crippen molar-refractivity contribution in [1.82, 2.24) is 10.2 Å². The van der Waals surface area contributed by atoms with Gasteiger partial charge in [0.05, 0.1) is 10.6 Å². The summed E-state index contributed by atoms with van der Waals surface area (Å²) >= 11 is 12.6. The van der Waals surface area contributed by atoms with Gasteiger partial charge in [-0.2, -0.15) is 0 Å². The summed E-state index contributed by atoms with van der Waals surface area (Å²) in [6.07, 6.45) is 0.227. The minimum Gasteiger partial charge on any atom is -0.354 e. The van der Waals surface area contributed by atoms with E-state index < -0.39 is 28.5 Å². The maximum absolute atomic E-state index is 14.6. The lowest BCUT2D eigenvalue weighted by atomic mass is 10.0. The van der Waals surface area contributed by atoms with Crippen LogP contribution in [0, 0.1) is 19.8 Å². The van der Waals surface area contributed by atoms with Gasteiger partial charge in [0.25, 0.3) is 10.0 Å². The van der Waals surface area contributed by atoms with Gasteiger partial charge in [-0.05, 0) is 72.9 Å². The summed E-state index contributed by atoms with van der Waals surface area (Å²) in [7, 11) is -4.23. The Morgan fingerprint density at radius 1 is 0.804 bits per heavy atom. The van der Waals surface area contributed by atoms with Gasteiger partial charge in [0.15, 0.2) is 0 Å². The van der Waals surface area contributed by atoms with Crippen LogP contribution in [0.15, 0.2) is 102 Å². The van der Waals surface area contributed by atoms with Crippen LogP contribution in [0.25, 0.3) is 0 Å². The minimum absolute atomic E-state index is 0.0324. The summed E-state index contributed by atoms with van der Waals surface area (Å²) in [6.45, 7) is 7.47. The molecule has 4 rings (SSSR count). The van der Waals surface area contributed by atoms with E-state index in [1.165, 1.54) is 17.0 Å². The number of benzene rings is 4. The quantitative estimate of drug-likeness (QED) is 0.162. The van der Waals surface area contributed by atoms with E-state index in [9.17, 15) is 18.0 Å². The zero-order valence-electron chi connectivity index (χ0n) is 26.4. The Kier molecular flexibility index (Phi) is 11.9. The minimum atomic E-state index is -4.23. The Bertz CT molecular complexity index is 1750. The fourth-order valence-corrected chi connectivity index (χ4v) is 6.75. The van der Waals surface area contributed by atoms with E-state index in [0.29, 0.717) is 22.2 Å². The van der Waals surface area contributed by atoms with Crippen molar-refractivity contribution in [3.63, 3.8) is 0 Å². The number of aryl methyl sites for hydroxylation is 1. The molecular formula is C36H39Cl2N3O4S. The van der Waals surface area contributed by atoms with E-state index in [4.69, 9.17) is 23.2 Å². The zero-order valence-corrected chi connectivity index (χ0v) is 28.7. The average molecular weight is 681 g/mol. The first-order valence-electron chi connectivity index (χ1n) is 15.1. The van der Waals surface area contributed by atoms with Crippen LogP contribution in [0.5, 0.6) is 0 Å². The standard InChI is InChI=1S/C36H39Cl2N3O4S/c1-25(2)22-39-36(43)34(21-28-9-6-5-7-10-28)40(23-29-15-17-30(37)18-16-29)35(42)24-41(33-12-8-11-32(38)27(33)4)46(44,45)31-19-13-26(3)14-20-31/h5-20,25,34H,21-24H2,1-4H3,(H,39,43)/t34-/m1/s1. The third-order valence-corrected chi connectivity index (χ3v) is 10.1. The predicted octanol–water partition coefficient (Wildman–Crippen LogP) is 7.22. The van der Waals surface area contributed by atoms with Crippen LogP contribution < -0.4 is 9.62 Å². The number of hydrogen-bond donors (Lipinski definition) is 1. The molecule has 0 saturated carbocycles. The summed E-state index contributed by atoms with van der Waals surface area (Å²) in [5, 5.41) is 3.89. The van der Waals surface area contributed by atoms with E-state index in [1.54, 1.807) is 61.5 Å². The van der Waals surface area contributed by atoms with Gasteiger partial charge < -0.3 is 10.2 Å². The van der Waals surface area contributed by atoms with Gasteiger partial charge in [-0.3, -0.25) is 13.9 Å². The molecule has 10 heteroatoms. The first-order chi connectivity index (χ1) is 21.9. The molecular weight excluding hydrogens is 641 g/mol. The van der Waals surface area contributed by atoms with Crippen LogP contribution in [0.3, 0.4) is 0 Å². The first kappa shape index (κ1) is 35.0. The van der Waals surface area contributed by atoms with E-state index in [1.807, 2.05) is 51.1 Å². The molecule has 0 aliphatic carbocycles. The number of nitrogens with zero attached hydrogens (tertiary/aromatic N) is 2. The highest BCUT2D eigenvalue weighted by Gasteiger charge is 2.35. The van der Waals surface area contributed by atoms with Crippen molar-refractivity contribution in [2.45, 2.75) is 51.6 Å². The SMILES string of the molecule is Cc1ccc(S(=O)(=O)N(CC(=O)N(Cc2ccc(Cl)cc2)[C@H](Cc2ccccc2)C(=O)NCC(C)C)c2cccc(Cl)c2C)cc1. The van der Waals surface area contributed by atoms with Crippen molar-refractivity contribution in [2.24, 2.45) is 5.92 Å². The summed E-state index contributed by atoms with van der Waals surface area (Å²) in [6, 6.07) is 26.9. The third-order valence-electron chi connectivity index (χ3n) is 7.62. The van der Waals surface area contributed by atoms with E-state index in [0.717, 1.165) is 21.0 Å². The lowest BCUT2D eigenvalue weighted by Gasteiger charge is -2.34. The fourth-order valence-electron chi connectivity index (χ4n) is 4.98. The van der Waals surface area contributed by atoms with Crippen LogP contribution in [-0.2, 0) is 32.6 Å². The first-order valence-corrected chi connectivity index (χ1v) is 17.3. The molecule has 0 aliphatic rings. The van der Waals surface area contributed by atoms with Gasteiger partial charge in [0, 0.05) is 29.6 Å². The number of anilines is 1. The topological polar surface area (TPSA) is 86.8 Å². The fraction of sp³-hybridized carbons (Fsp3) is 0.278. The molecule has 0 aromatic heterocycles. The Balaban J connectivity index is 1.82. The highest BCUT2D eigenvalue weighted by Crippen LogP contribution is 2.31. The molecule has 0 unspecified atom stereocenters. The lowest BCUT2D eigenvalue weighted by Crippen LogP contribution is -2.53. The second-order valence-electron chi connectivity index (χ2n) is 11.7. The van der Waals surface area contributed by atoms with Crippen molar-refractivity contribution >= 4 is 50.7 Å². The average Bonchev–Trinajstić information content (AvgIpc) is 3.03. The maximum Gasteiger partial charge on any atom is 0.264 e. The lowest BCUT2D eigenvalue weighted by molar-refractivity contribution is -0.140. The highest BCUT2D eigenvalue weighted by molar-refractivity contribution is 7.92. The van der Waals surface area contributed by atoms with Crippen molar-refractivity contribution in [2.75, 3.05) is 17.4 Å². The number of amides is 2. The number of rotatable bonds is 13. The molecule has 0 fully saturated rings. The molecule has 7 nitrogen and oxygen atoms in total. The smallest absolute Gasteiger partial charge is 0.264 e. The van der Waals surface area contributed by atoms with Crippen LogP contribution in [0.1, 0.15) is 36.1 Å². The molecule has 1 N–H and O–H groups in total. The van der Waals surface area contributed by atoms with E-state index >= 15 is 0 Å². The van der Waals surface area contributed by atoms with Crippen molar-refractivity contribution in [1.29, 1.82) is 0 Å². The predicted molar refractivity (Wildman–Crippen MR) is 186 cm³/mol. The number of hydrogen-bond acceptors (Lipinski definition) is 4. The summed E-state index contributed by atoms with van der Waals surface area (Å²) < 4.78 is 29.6. The Morgan fingerprint density at radius 2 is 1.46 bits per heavy atom. The Morgan fingerprint density at radius 3 is 2.09 bits per heavy atom. The summed E-state index contributed by atoms with van der Waals surface area (Å²) in [5.74, 6) is -0.694. The molecule has 0 saturated heterocycles. The van der Waals surface area contributed by atoms with Crippen LogP contribution in [0.2, 0.25) is 10.0 Å². The zero-order chi connectivity index (χ0) is 33.4. The molecule has 2 amide bonds. The highest BCUT2D eigenvalue weighted by atomic mass is 35.5. The molecule has 0 spiro atoms. The molecule has 0 heterocycles. The number of carbonyl (C=O) groups excluding carboxylic acids is 2. The number of nitrogens with one attached hydrogen (secondary N) is 1. The Hall–Kier alpha value is -3.85. The number of carbonyl (C=O) groups is 2. The van der Waals surface area contributed by atoms with Gasteiger partial charge in [-0.1, -0.05) is 103 Å². The van der Waals surface area contributed by atoms with Gasteiger partial charge in [-0.25, -0.2) is 8.42 Å². The second-order valence-corrected chi connectivity index (χ2v) is 14.4.